The van der Waals surface area contributed by atoms with Crippen LogP contribution < -0.4 is 0 Å². The minimum atomic E-state index is 0.433. The molecule has 0 spiro atoms. The standard InChI is InChI=1S/C14H24ClNO/c1-17-8-7-16-11-5-6-13(16)14-10(9-11)3-2-4-12(14)15/h10-14H,2-9H2,1H3. The first-order valence-corrected chi connectivity index (χ1v) is 7.63. The van der Waals surface area contributed by atoms with Gasteiger partial charge in [-0.15, -0.1) is 11.6 Å². The lowest BCUT2D eigenvalue weighted by Crippen LogP contribution is -2.53. The Kier molecular flexibility index (Phi) is 3.65. The maximum atomic E-state index is 6.62. The number of piperidine rings is 1. The van der Waals surface area contributed by atoms with Crippen molar-refractivity contribution < 1.29 is 4.74 Å². The molecule has 17 heavy (non-hydrogen) atoms. The predicted molar refractivity (Wildman–Crippen MR) is 70.5 cm³/mol. The van der Waals surface area contributed by atoms with Crippen molar-refractivity contribution in [3.63, 3.8) is 0 Å². The van der Waals surface area contributed by atoms with Gasteiger partial charge in [-0.05, 0) is 43.9 Å². The van der Waals surface area contributed by atoms with E-state index in [0.717, 1.165) is 37.1 Å². The quantitative estimate of drug-likeness (QED) is 0.721. The molecule has 2 nitrogen and oxygen atoms in total. The Balaban J connectivity index is 1.74. The van der Waals surface area contributed by atoms with Crippen LogP contribution in [0.2, 0.25) is 0 Å². The van der Waals surface area contributed by atoms with E-state index in [-0.39, 0.29) is 0 Å². The maximum absolute atomic E-state index is 6.62. The van der Waals surface area contributed by atoms with Gasteiger partial charge in [0.25, 0.3) is 0 Å². The number of rotatable bonds is 3. The van der Waals surface area contributed by atoms with Gasteiger partial charge < -0.3 is 4.74 Å². The third kappa shape index (κ3) is 2.13. The van der Waals surface area contributed by atoms with Crippen molar-refractivity contribution in [1.29, 1.82) is 0 Å². The maximum Gasteiger partial charge on any atom is 0.0589 e. The molecule has 2 saturated heterocycles. The Morgan fingerprint density at radius 1 is 1.24 bits per heavy atom. The average Bonchev–Trinajstić information content (AvgIpc) is 2.59. The Labute approximate surface area is 110 Å². The molecule has 3 aliphatic rings. The fraction of sp³-hybridized carbons (Fsp3) is 1.00. The predicted octanol–water partition coefficient (Wildman–Crippen LogP) is 2.89. The Bertz CT molecular complexity index is 273. The van der Waals surface area contributed by atoms with E-state index in [4.69, 9.17) is 16.3 Å². The summed E-state index contributed by atoms with van der Waals surface area (Å²) in [5.41, 5.74) is 0. The molecule has 2 bridgehead atoms. The minimum absolute atomic E-state index is 0.433. The second-order valence-electron chi connectivity index (χ2n) is 6.05. The van der Waals surface area contributed by atoms with Gasteiger partial charge in [0.1, 0.15) is 0 Å². The van der Waals surface area contributed by atoms with E-state index in [0.29, 0.717) is 5.38 Å². The average molecular weight is 258 g/mol. The number of hydrogen-bond acceptors (Lipinski definition) is 2. The van der Waals surface area contributed by atoms with Crippen LogP contribution in [-0.4, -0.2) is 42.6 Å². The number of alkyl halides is 1. The largest absolute Gasteiger partial charge is 0.383 e. The van der Waals surface area contributed by atoms with Crippen LogP contribution >= 0.6 is 11.6 Å². The van der Waals surface area contributed by atoms with Crippen LogP contribution in [0.5, 0.6) is 0 Å². The van der Waals surface area contributed by atoms with Crippen molar-refractivity contribution in [1.82, 2.24) is 4.90 Å². The molecule has 3 fully saturated rings. The number of hydrogen-bond donors (Lipinski definition) is 0. The molecule has 98 valence electrons. The zero-order valence-electron chi connectivity index (χ0n) is 10.8. The molecular weight excluding hydrogens is 234 g/mol. The molecule has 5 atom stereocenters. The van der Waals surface area contributed by atoms with Crippen LogP contribution in [-0.2, 0) is 4.74 Å². The number of methoxy groups -OCH3 is 1. The van der Waals surface area contributed by atoms with Crippen molar-refractivity contribution in [2.75, 3.05) is 20.3 Å². The molecule has 0 aromatic heterocycles. The molecule has 1 aliphatic carbocycles. The molecular formula is C14H24ClNO. The summed E-state index contributed by atoms with van der Waals surface area (Å²) < 4.78 is 5.26. The number of ether oxygens (including phenoxy) is 1. The van der Waals surface area contributed by atoms with Gasteiger partial charge in [0.15, 0.2) is 0 Å². The topological polar surface area (TPSA) is 12.5 Å². The SMILES string of the molecule is COCCN1C2CCC1C1C(Cl)CCCC1C2. The molecule has 2 aliphatic heterocycles. The molecule has 0 amide bonds. The van der Waals surface area contributed by atoms with Gasteiger partial charge in [0, 0.05) is 31.1 Å². The van der Waals surface area contributed by atoms with E-state index in [1.165, 1.54) is 38.5 Å². The van der Waals surface area contributed by atoms with Crippen molar-refractivity contribution in [3.05, 3.63) is 0 Å². The summed E-state index contributed by atoms with van der Waals surface area (Å²) in [5.74, 6) is 1.68. The second-order valence-corrected chi connectivity index (χ2v) is 6.61. The van der Waals surface area contributed by atoms with Crippen LogP contribution in [0.4, 0.5) is 0 Å². The fourth-order valence-corrected chi connectivity index (χ4v) is 5.14. The normalized spacial score (nSPS) is 45.9. The van der Waals surface area contributed by atoms with E-state index in [1.807, 2.05) is 0 Å². The first kappa shape index (κ1) is 12.3. The monoisotopic (exact) mass is 257 g/mol. The van der Waals surface area contributed by atoms with Gasteiger partial charge in [-0.3, -0.25) is 4.90 Å². The third-order valence-electron chi connectivity index (χ3n) is 5.28. The van der Waals surface area contributed by atoms with Crippen LogP contribution in [0.3, 0.4) is 0 Å². The molecule has 0 aromatic carbocycles. The lowest BCUT2D eigenvalue weighted by Gasteiger charge is -2.48. The lowest BCUT2D eigenvalue weighted by atomic mass is 9.71. The highest BCUT2D eigenvalue weighted by Crippen LogP contribution is 2.49. The summed E-state index contributed by atoms with van der Waals surface area (Å²) in [5, 5.41) is 0.433. The van der Waals surface area contributed by atoms with Crippen molar-refractivity contribution in [3.8, 4) is 0 Å². The highest BCUT2D eigenvalue weighted by molar-refractivity contribution is 6.20. The van der Waals surface area contributed by atoms with E-state index in [1.54, 1.807) is 7.11 Å². The summed E-state index contributed by atoms with van der Waals surface area (Å²) >= 11 is 6.62. The highest BCUT2D eigenvalue weighted by atomic mass is 35.5. The van der Waals surface area contributed by atoms with E-state index >= 15 is 0 Å². The first-order chi connectivity index (χ1) is 8.31. The van der Waals surface area contributed by atoms with Crippen molar-refractivity contribution >= 4 is 11.6 Å². The smallest absolute Gasteiger partial charge is 0.0589 e. The third-order valence-corrected chi connectivity index (χ3v) is 5.79. The van der Waals surface area contributed by atoms with E-state index in [2.05, 4.69) is 4.90 Å². The summed E-state index contributed by atoms with van der Waals surface area (Å²) in [7, 11) is 1.81. The van der Waals surface area contributed by atoms with Crippen LogP contribution in [0.15, 0.2) is 0 Å². The van der Waals surface area contributed by atoms with Gasteiger partial charge >= 0.3 is 0 Å². The fourth-order valence-electron chi connectivity index (χ4n) is 4.61. The molecule has 5 unspecified atom stereocenters. The first-order valence-electron chi connectivity index (χ1n) is 7.20. The van der Waals surface area contributed by atoms with Gasteiger partial charge in [-0.1, -0.05) is 6.42 Å². The molecule has 0 radical (unpaired) electrons. The Morgan fingerprint density at radius 2 is 2.12 bits per heavy atom. The molecule has 2 heterocycles. The Morgan fingerprint density at radius 3 is 2.94 bits per heavy atom. The van der Waals surface area contributed by atoms with Crippen molar-refractivity contribution in [2.45, 2.75) is 56.0 Å². The number of nitrogens with zero attached hydrogens (tertiary/aromatic N) is 1. The van der Waals surface area contributed by atoms with E-state index < -0.39 is 0 Å². The molecule has 0 N–H and O–H groups in total. The van der Waals surface area contributed by atoms with Crippen LogP contribution in [0.25, 0.3) is 0 Å². The molecule has 0 aromatic rings. The van der Waals surface area contributed by atoms with Crippen LogP contribution in [0, 0.1) is 11.8 Å². The van der Waals surface area contributed by atoms with Gasteiger partial charge in [0.05, 0.1) is 6.61 Å². The Hall–Kier alpha value is 0.210. The minimum Gasteiger partial charge on any atom is -0.383 e. The second kappa shape index (κ2) is 5.07. The number of halogens is 1. The zero-order chi connectivity index (χ0) is 11.8. The summed E-state index contributed by atoms with van der Waals surface area (Å²) in [6.07, 6.45) is 8.19. The molecule has 3 heteroatoms. The zero-order valence-corrected chi connectivity index (χ0v) is 11.5. The van der Waals surface area contributed by atoms with Gasteiger partial charge in [-0.25, -0.2) is 0 Å². The van der Waals surface area contributed by atoms with Gasteiger partial charge in [0.2, 0.25) is 0 Å². The van der Waals surface area contributed by atoms with E-state index in [9.17, 15) is 0 Å². The summed E-state index contributed by atoms with van der Waals surface area (Å²) in [6, 6.07) is 1.59. The highest BCUT2D eigenvalue weighted by Gasteiger charge is 2.49. The van der Waals surface area contributed by atoms with Crippen LogP contribution in [0.1, 0.15) is 38.5 Å². The van der Waals surface area contributed by atoms with Crippen molar-refractivity contribution in [2.24, 2.45) is 11.8 Å². The lowest BCUT2D eigenvalue weighted by molar-refractivity contribution is 0.0104. The summed E-state index contributed by atoms with van der Waals surface area (Å²) in [6.45, 7) is 1.98. The van der Waals surface area contributed by atoms with Gasteiger partial charge in [-0.2, -0.15) is 0 Å². The molecule has 3 rings (SSSR count). The molecule has 1 saturated carbocycles. The number of fused-ring (bicyclic) bond motifs is 4. The summed E-state index contributed by atoms with van der Waals surface area (Å²) in [4.78, 5) is 2.71.